The fraction of sp³-hybridized carbons (Fsp3) is 0.947. The van der Waals surface area contributed by atoms with Gasteiger partial charge in [-0.2, -0.15) is 6.92 Å². The molecule has 43 heavy (non-hydrogen) atoms. The Hall–Kier alpha value is 0.0523. The van der Waals surface area contributed by atoms with Gasteiger partial charge in [-0.3, -0.25) is 4.79 Å². The van der Waals surface area contributed by atoms with E-state index < -0.39 is 0 Å². The van der Waals surface area contributed by atoms with Gasteiger partial charge in [0.25, 0.3) is 0 Å². The van der Waals surface area contributed by atoms with Gasteiger partial charge in [0.2, 0.25) is 0 Å². The van der Waals surface area contributed by atoms with Crippen LogP contribution < -0.4 is 0 Å². The first-order valence-corrected chi connectivity index (χ1v) is 18.6. The number of rotatable bonds is 30. The van der Waals surface area contributed by atoms with Crippen molar-refractivity contribution in [2.75, 3.05) is 26.8 Å². The van der Waals surface area contributed by atoms with Crippen molar-refractivity contribution in [2.45, 2.75) is 202 Å². The Morgan fingerprint density at radius 3 is 1.07 bits per heavy atom. The molecule has 4 nitrogen and oxygen atoms in total. The summed E-state index contributed by atoms with van der Waals surface area (Å²) in [5.41, 5.74) is 0. The van der Waals surface area contributed by atoms with Crippen LogP contribution in [0.2, 0.25) is 0 Å². The molecule has 2 N–H and O–H groups in total. The molecule has 0 atom stereocenters. The van der Waals surface area contributed by atoms with E-state index in [1.807, 2.05) is 13.3 Å². The van der Waals surface area contributed by atoms with E-state index in [2.05, 4.69) is 32.6 Å². The molecule has 0 aromatic rings. The first-order chi connectivity index (χ1) is 20.5. The quantitative estimate of drug-likeness (QED) is 0.0563. The van der Waals surface area contributed by atoms with Crippen molar-refractivity contribution in [3.63, 3.8) is 0 Å². The average Bonchev–Trinajstić information content (AvgIpc) is 2.98. The SMILES string of the molecule is CC(C)CCO.CO.C[CH-]CC(=O)N(CCCCCCCCCCCCCC)CCCCCCCCCCCCCC.[Re]. The van der Waals surface area contributed by atoms with E-state index in [1.165, 1.54) is 154 Å². The Labute approximate surface area is 286 Å². The number of hydrogen-bond acceptors (Lipinski definition) is 3. The molecule has 1 radical (unpaired) electrons. The number of carbonyl (C=O) groups excluding carboxylic acids is 1. The third-order valence-electron chi connectivity index (χ3n) is 8.00. The van der Waals surface area contributed by atoms with Crippen molar-refractivity contribution in [1.29, 1.82) is 0 Å². The van der Waals surface area contributed by atoms with Crippen LogP contribution in [0.5, 0.6) is 0 Å². The molecule has 0 spiro atoms. The number of aliphatic hydroxyl groups is 2. The molecule has 0 aliphatic carbocycles. The van der Waals surface area contributed by atoms with E-state index in [9.17, 15) is 4.79 Å². The van der Waals surface area contributed by atoms with Crippen LogP contribution in [0, 0.1) is 12.3 Å². The largest absolute Gasteiger partial charge is 0.400 e. The molecule has 1 amide bonds. The molecule has 0 bridgehead atoms. The number of unbranched alkanes of at least 4 members (excludes halogenated alkanes) is 22. The average molecular weight is 785 g/mol. The smallest absolute Gasteiger partial charge is 0.192 e. The Morgan fingerprint density at radius 2 is 0.860 bits per heavy atom. The third kappa shape index (κ3) is 46.6. The Bertz CT molecular complexity index is 448. The van der Waals surface area contributed by atoms with Gasteiger partial charge in [-0.25, -0.2) is 0 Å². The maximum absolute atomic E-state index is 12.5. The number of aliphatic hydroxyl groups excluding tert-OH is 2. The normalized spacial score (nSPS) is 10.4. The van der Waals surface area contributed by atoms with Gasteiger partial charge in [0, 0.05) is 47.2 Å². The van der Waals surface area contributed by atoms with E-state index in [-0.39, 0.29) is 20.4 Å². The monoisotopic (exact) mass is 786 g/mol. The molecule has 0 rings (SSSR count). The summed E-state index contributed by atoms with van der Waals surface area (Å²) >= 11 is 0. The molecule has 0 unspecified atom stereocenters. The Balaban J connectivity index is -0.000000746. The minimum Gasteiger partial charge on any atom is -0.400 e. The van der Waals surface area contributed by atoms with Crippen molar-refractivity contribution < 1.29 is 35.4 Å². The minimum atomic E-state index is 0. The number of hydrogen-bond donors (Lipinski definition) is 2. The van der Waals surface area contributed by atoms with E-state index in [0.29, 0.717) is 24.9 Å². The Morgan fingerprint density at radius 1 is 0.581 bits per heavy atom. The molecule has 0 saturated carbocycles. The first-order valence-electron chi connectivity index (χ1n) is 18.6. The zero-order valence-electron chi connectivity index (χ0n) is 30.3. The van der Waals surface area contributed by atoms with Gasteiger partial charge in [0.1, 0.15) is 0 Å². The van der Waals surface area contributed by atoms with Crippen LogP contribution in [0.1, 0.15) is 202 Å². The first kappa shape index (κ1) is 49.9. The van der Waals surface area contributed by atoms with Gasteiger partial charge in [-0.05, 0) is 25.2 Å². The molecule has 5 heteroatoms. The summed E-state index contributed by atoms with van der Waals surface area (Å²) in [5.74, 6) is 0.989. The van der Waals surface area contributed by atoms with Crippen LogP contribution in [0.15, 0.2) is 0 Å². The van der Waals surface area contributed by atoms with Crippen molar-refractivity contribution in [1.82, 2.24) is 4.90 Å². The third-order valence-corrected chi connectivity index (χ3v) is 8.00. The van der Waals surface area contributed by atoms with E-state index in [4.69, 9.17) is 10.2 Å². The summed E-state index contributed by atoms with van der Waals surface area (Å²) in [4.78, 5) is 14.7. The zero-order valence-corrected chi connectivity index (χ0v) is 33.0. The molecule has 0 aromatic heterocycles. The molecular weight excluding hydrogens is 705 g/mol. The Kier molecular flexibility index (Phi) is 53.9. The number of amides is 1. The molecule has 0 aliphatic heterocycles. The fourth-order valence-corrected chi connectivity index (χ4v) is 5.21. The van der Waals surface area contributed by atoms with Crippen molar-refractivity contribution in [3.05, 3.63) is 6.42 Å². The second kappa shape index (κ2) is 46.5. The van der Waals surface area contributed by atoms with E-state index in [1.54, 1.807) is 0 Å². The second-order valence-electron chi connectivity index (χ2n) is 12.7. The second-order valence-corrected chi connectivity index (χ2v) is 12.7. The minimum absolute atomic E-state index is 0. The van der Waals surface area contributed by atoms with Crippen molar-refractivity contribution >= 4 is 5.91 Å². The van der Waals surface area contributed by atoms with E-state index >= 15 is 0 Å². The predicted octanol–water partition coefficient (Wildman–Crippen LogP) is 11.5. The molecule has 0 fully saturated rings. The molecule has 263 valence electrons. The number of carbonyl (C=O) groups is 1. The molecule has 0 saturated heterocycles. The molecular formula is C38H80NO3Re-. The van der Waals surface area contributed by atoms with Crippen molar-refractivity contribution in [3.8, 4) is 0 Å². The van der Waals surface area contributed by atoms with Gasteiger partial charge < -0.3 is 21.5 Å². The zero-order chi connectivity index (χ0) is 31.9. The summed E-state index contributed by atoms with van der Waals surface area (Å²) in [6.07, 6.45) is 36.6. The van der Waals surface area contributed by atoms with Crippen LogP contribution >= 0.6 is 0 Å². The van der Waals surface area contributed by atoms with Crippen LogP contribution in [-0.2, 0) is 25.2 Å². The van der Waals surface area contributed by atoms with Crippen LogP contribution in [0.3, 0.4) is 0 Å². The number of nitrogens with zero attached hydrogens (tertiary/aromatic N) is 1. The standard InChI is InChI=1S/C32H64NO.C5H12O.CH4O.Re/c1-4-7-9-11-13-15-17-19-21-23-25-27-30-33(32(34)29-6-3)31-28-26-24-22-20-18-16-14-12-10-8-5-2;1-5(2)3-4-6;1-2;/h6H,4-5,7-31H2,1-3H3;5-6H,3-4H2,1-2H3;2H,1H3;/q-1;;;. The topological polar surface area (TPSA) is 60.8 Å². The van der Waals surface area contributed by atoms with Gasteiger partial charge >= 0.3 is 0 Å². The maximum atomic E-state index is 12.5. The molecule has 0 heterocycles. The summed E-state index contributed by atoms with van der Waals surface area (Å²) in [5, 5.41) is 15.2. The summed E-state index contributed by atoms with van der Waals surface area (Å²) in [6.45, 7) is 13.0. The van der Waals surface area contributed by atoms with Crippen LogP contribution in [0.25, 0.3) is 0 Å². The summed E-state index contributed by atoms with van der Waals surface area (Å²) in [6, 6.07) is 0. The molecule has 0 aliphatic rings. The van der Waals surface area contributed by atoms with Gasteiger partial charge in [-0.15, -0.1) is 0 Å². The van der Waals surface area contributed by atoms with E-state index in [0.717, 1.165) is 26.6 Å². The predicted molar refractivity (Wildman–Crippen MR) is 188 cm³/mol. The van der Waals surface area contributed by atoms with Gasteiger partial charge in [0.15, 0.2) is 5.91 Å². The van der Waals surface area contributed by atoms with Gasteiger partial charge in [0.05, 0.1) is 0 Å². The molecule has 0 aromatic carbocycles. The summed E-state index contributed by atoms with van der Waals surface area (Å²) in [7, 11) is 1.00. The van der Waals surface area contributed by atoms with Gasteiger partial charge in [-0.1, -0.05) is 175 Å². The fourth-order valence-electron chi connectivity index (χ4n) is 5.21. The maximum Gasteiger partial charge on any atom is 0.192 e. The van der Waals surface area contributed by atoms with Crippen LogP contribution in [0.4, 0.5) is 0 Å². The summed E-state index contributed by atoms with van der Waals surface area (Å²) < 4.78 is 0. The van der Waals surface area contributed by atoms with Crippen molar-refractivity contribution in [2.24, 2.45) is 5.92 Å². The van der Waals surface area contributed by atoms with Crippen LogP contribution in [-0.4, -0.2) is 47.8 Å².